The van der Waals surface area contributed by atoms with E-state index in [9.17, 15) is 0 Å². The van der Waals surface area contributed by atoms with Gasteiger partial charge in [-0.15, -0.1) is 0 Å². The molecule has 0 radical (unpaired) electrons. The van der Waals surface area contributed by atoms with Crippen molar-refractivity contribution in [3.63, 3.8) is 0 Å². The zero-order valence-corrected chi connectivity index (χ0v) is 7.03. The van der Waals surface area contributed by atoms with Crippen molar-refractivity contribution in [1.29, 1.82) is 0 Å². The first kappa shape index (κ1) is 8.59. The molecule has 1 heterocycles. The number of anilines is 1. The van der Waals surface area contributed by atoms with E-state index < -0.39 is 0 Å². The minimum atomic E-state index is 0.535. The van der Waals surface area contributed by atoms with Gasteiger partial charge in [0.2, 0.25) is 5.88 Å². The highest BCUT2D eigenvalue weighted by Crippen LogP contribution is 2.09. The summed E-state index contributed by atoms with van der Waals surface area (Å²) in [6, 6.07) is 3.42. The molecule has 0 saturated carbocycles. The first-order valence-corrected chi connectivity index (χ1v) is 3.78. The molecule has 0 fully saturated rings. The second kappa shape index (κ2) is 4.38. The van der Waals surface area contributed by atoms with Crippen molar-refractivity contribution in [2.24, 2.45) is 0 Å². The summed E-state index contributed by atoms with van der Waals surface area (Å²) in [6.45, 7) is 2.48. The molecule has 0 atom stereocenters. The predicted molar refractivity (Wildman–Crippen MR) is 49.0 cm³/mol. The van der Waals surface area contributed by atoms with Gasteiger partial charge in [-0.05, 0) is 13.0 Å². The molecule has 0 aliphatic carbocycles. The van der Waals surface area contributed by atoms with E-state index >= 15 is 0 Å². The standard InChI is InChI=1S/C9H12N2O/c1-2-3-6-12-9-7-8(10)4-5-11-9/h2-5,7H,6H2,1H3,(H2,10,11)/b3-2+. The normalized spacial score (nSPS) is 10.4. The van der Waals surface area contributed by atoms with Gasteiger partial charge in [0.25, 0.3) is 0 Å². The number of nitrogens with two attached hydrogens (primary N) is 1. The molecule has 0 saturated heterocycles. The number of allylic oxidation sites excluding steroid dienone is 1. The number of rotatable bonds is 3. The van der Waals surface area contributed by atoms with Crippen molar-refractivity contribution in [2.45, 2.75) is 6.92 Å². The van der Waals surface area contributed by atoms with E-state index in [-0.39, 0.29) is 0 Å². The Morgan fingerprint density at radius 2 is 2.50 bits per heavy atom. The number of hydrogen-bond donors (Lipinski definition) is 1. The molecule has 64 valence electrons. The number of nitrogen functional groups attached to an aromatic ring is 1. The van der Waals surface area contributed by atoms with Crippen LogP contribution in [-0.2, 0) is 0 Å². The van der Waals surface area contributed by atoms with Crippen LogP contribution in [0.2, 0.25) is 0 Å². The van der Waals surface area contributed by atoms with E-state index in [2.05, 4.69) is 4.98 Å². The van der Waals surface area contributed by atoms with Gasteiger partial charge in [0, 0.05) is 18.0 Å². The van der Waals surface area contributed by atoms with Crippen molar-refractivity contribution in [2.75, 3.05) is 12.3 Å². The molecule has 3 nitrogen and oxygen atoms in total. The summed E-state index contributed by atoms with van der Waals surface area (Å²) in [5.41, 5.74) is 6.19. The Kier molecular flexibility index (Phi) is 3.14. The van der Waals surface area contributed by atoms with Crippen molar-refractivity contribution >= 4 is 5.69 Å². The molecular weight excluding hydrogens is 152 g/mol. The molecule has 1 rings (SSSR count). The average Bonchev–Trinajstić information content (AvgIpc) is 2.05. The van der Waals surface area contributed by atoms with Crippen LogP contribution < -0.4 is 10.5 Å². The maximum Gasteiger partial charge on any atom is 0.215 e. The van der Waals surface area contributed by atoms with Crippen molar-refractivity contribution < 1.29 is 4.74 Å². The lowest BCUT2D eigenvalue weighted by atomic mass is 10.4. The molecule has 0 unspecified atom stereocenters. The molecule has 0 aromatic carbocycles. The third kappa shape index (κ3) is 2.62. The van der Waals surface area contributed by atoms with Crippen LogP contribution in [0.25, 0.3) is 0 Å². The van der Waals surface area contributed by atoms with Gasteiger partial charge < -0.3 is 10.5 Å². The number of nitrogens with zero attached hydrogens (tertiary/aromatic N) is 1. The van der Waals surface area contributed by atoms with Crippen LogP contribution in [0.1, 0.15) is 6.92 Å². The SMILES string of the molecule is C/C=C/COc1cc(N)ccn1. The van der Waals surface area contributed by atoms with Gasteiger partial charge in [0.15, 0.2) is 0 Å². The van der Waals surface area contributed by atoms with E-state index in [0.29, 0.717) is 18.2 Å². The smallest absolute Gasteiger partial charge is 0.215 e. The predicted octanol–water partition coefficient (Wildman–Crippen LogP) is 1.62. The molecule has 0 aliphatic rings. The minimum absolute atomic E-state index is 0.535. The molecule has 0 amide bonds. The highest BCUT2D eigenvalue weighted by Gasteiger charge is 1.92. The summed E-state index contributed by atoms with van der Waals surface area (Å²) in [4.78, 5) is 3.98. The molecule has 12 heavy (non-hydrogen) atoms. The van der Waals surface area contributed by atoms with Gasteiger partial charge in [0.05, 0.1) is 0 Å². The molecule has 0 spiro atoms. The highest BCUT2D eigenvalue weighted by molar-refractivity contribution is 5.39. The maximum atomic E-state index is 5.52. The minimum Gasteiger partial charge on any atom is -0.473 e. The Bertz CT molecular complexity index is 271. The first-order chi connectivity index (χ1) is 5.83. The Hall–Kier alpha value is -1.51. The summed E-state index contributed by atoms with van der Waals surface area (Å²) >= 11 is 0. The van der Waals surface area contributed by atoms with E-state index in [4.69, 9.17) is 10.5 Å². The average molecular weight is 164 g/mol. The van der Waals surface area contributed by atoms with Crippen LogP contribution in [0.5, 0.6) is 5.88 Å². The summed E-state index contributed by atoms with van der Waals surface area (Å²) in [7, 11) is 0. The van der Waals surface area contributed by atoms with E-state index in [1.807, 2.05) is 19.1 Å². The van der Waals surface area contributed by atoms with Gasteiger partial charge in [-0.2, -0.15) is 0 Å². The summed E-state index contributed by atoms with van der Waals surface area (Å²) in [5, 5.41) is 0. The van der Waals surface area contributed by atoms with Crippen LogP contribution in [0.4, 0.5) is 5.69 Å². The number of pyridine rings is 1. The lowest BCUT2D eigenvalue weighted by Gasteiger charge is -2.01. The number of ether oxygens (including phenoxy) is 1. The summed E-state index contributed by atoms with van der Waals surface area (Å²) in [5.74, 6) is 0.563. The van der Waals surface area contributed by atoms with Gasteiger partial charge in [-0.1, -0.05) is 12.2 Å². The highest BCUT2D eigenvalue weighted by atomic mass is 16.5. The van der Waals surface area contributed by atoms with E-state index in [1.165, 1.54) is 0 Å². The zero-order valence-electron chi connectivity index (χ0n) is 7.03. The Morgan fingerprint density at radius 3 is 3.17 bits per heavy atom. The Labute approximate surface area is 71.9 Å². The Morgan fingerprint density at radius 1 is 1.67 bits per heavy atom. The molecule has 2 N–H and O–H groups in total. The molecular formula is C9H12N2O. The largest absolute Gasteiger partial charge is 0.473 e. The second-order valence-electron chi connectivity index (χ2n) is 2.31. The molecule has 0 bridgehead atoms. The van der Waals surface area contributed by atoms with Gasteiger partial charge >= 0.3 is 0 Å². The quantitative estimate of drug-likeness (QED) is 0.690. The maximum absolute atomic E-state index is 5.52. The topological polar surface area (TPSA) is 48.1 Å². The van der Waals surface area contributed by atoms with Crippen LogP contribution in [0.15, 0.2) is 30.5 Å². The van der Waals surface area contributed by atoms with Crippen LogP contribution in [0, 0.1) is 0 Å². The number of hydrogen-bond acceptors (Lipinski definition) is 3. The first-order valence-electron chi connectivity index (χ1n) is 3.78. The van der Waals surface area contributed by atoms with Gasteiger partial charge in [-0.3, -0.25) is 0 Å². The summed E-state index contributed by atoms with van der Waals surface area (Å²) < 4.78 is 5.25. The van der Waals surface area contributed by atoms with Crippen LogP contribution in [0.3, 0.4) is 0 Å². The summed E-state index contributed by atoms with van der Waals surface area (Å²) in [6.07, 6.45) is 5.46. The van der Waals surface area contributed by atoms with E-state index in [1.54, 1.807) is 18.3 Å². The zero-order chi connectivity index (χ0) is 8.81. The Balaban J connectivity index is 2.52. The molecule has 3 heteroatoms. The molecule has 0 aliphatic heterocycles. The fourth-order valence-corrected chi connectivity index (χ4v) is 0.733. The van der Waals surface area contributed by atoms with Crippen LogP contribution >= 0.6 is 0 Å². The van der Waals surface area contributed by atoms with Crippen LogP contribution in [-0.4, -0.2) is 11.6 Å². The fraction of sp³-hybridized carbons (Fsp3) is 0.222. The third-order valence-electron chi connectivity index (χ3n) is 1.32. The lowest BCUT2D eigenvalue weighted by molar-refractivity contribution is 0.348. The fourth-order valence-electron chi connectivity index (χ4n) is 0.733. The lowest BCUT2D eigenvalue weighted by Crippen LogP contribution is -1.96. The second-order valence-corrected chi connectivity index (χ2v) is 2.31. The number of aromatic nitrogens is 1. The molecule has 1 aromatic rings. The monoisotopic (exact) mass is 164 g/mol. The van der Waals surface area contributed by atoms with Gasteiger partial charge in [0.1, 0.15) is 6.61 Å². The van der Waals surface area contributed by atoms with Crippen molar-refractivity contribution in [3.8, 4) is 5.88 Å². The van der Waals surface area contributed by atoms with Crippen molar-refractivity contribution in [3.05, 3.63) is 30.5 Å². The van der Waals surface area contributed by atoms with Crippen molar-refractivity contribution in [1.82, 2.24) is 4.98 Å². The van der Waals surface area contributed by atoms with E-state index in [0.717, 1.165) is 0 Å². The molecule has 1 aromatic heterocycles. The van der Waals surface area contributed by atoms with Gasteiger partial charge in [-0.25, -0.2) is 4.98 Å². The third-order valence-corrected chi connectivity index (χ3v) is 1.32.